The van der Waals surface area contributed by atoms with Gasteiger partial charge in [0.25, 0.3) is 0 Å². The van der Waals surface area contributed by atoms with Crippen LogP contribution in [0.15, 0.2) is 18.2 Å². The molecule has 0 saturated heterocycles. The molecule has 100 valence electrons. The van der Waals surface area contributed by atoms with E-state index >= 15 is 0 Å². The van der Waals surface area contributed by atoms with Crippen LogP contribution in [0, 0.1) is 0 Å². The van der Waals surface area contributed by atoms with Crippen molar-refractivity contribution in [3.05, 3.63) is 23.8 Å². The van der Waals surface area contributed by atoms with Gasteiger partial charge in [-0.05, 0) is 34.8 Å². The monoisotopic (exact) mass is 288 g/mol. The number of alkyl halides is 3. The summed E-state index contributed by atoms with van der Waals surface area (Å²) < 4.78 is 39.0. The number of rotatable bonds is 2. The Kier molecular flexibility index (Phi) is 3.34. The lowest BCUT2D eigenvalue weighted by Gasteiger charge is -2.15. The van der Waals surface area contributed by atoms with E-state index in [4.69, 9.17) is 5.73 Å². The number of aromatic amines is 1. The van der Waals surface area contributed by atoms with E-state index in [9.17, 15) is 13.2 Å². The van der Waals surface area contributed by atoms with Crippen LogP contribution in [0.3, 0.4) is 0 Å². The van der Waals surface area contributed by atoms with E-state index in [1.807, 2.05) is 0 Å². The van der Waals surface area contributed by atoms with Gasteiger partial charge in [-0.15, -0.1) is 5.10 Å². The fraction of sp³-hybridized carbons (Fsp3) is 0.111. The van der Waals surface area contributed by atoms with Gasteiger partial charge in [-0.2, -0.15) is 13.2 Å². The van der Waals surface area contributed by atoms with E-state index in [1.165, 1.54) is 12.1 Å². The van der Waals surface area contributed by atoms with E-state index in [0.717, 1.165) is 6.07 Å². The number of H-pyrrole nitrogens is 1. The number of benzene rings is 1. The first-order chi connectivity index (χ1) is 8.89. The number of aromatic nitrogens is 4. The highest BCUT2D eigenvalue weighted by atomic mass is 32.1. The lowest BCUT2D eigenvalue weighted by atomic mass is 10.0. The van der Waals surface area contributed by atoms with Crippen LogP contribution < -0.4 is 11.1 Å². The number of halogens is 3. The summed E-state index contributed by atoms with van der Waals surface area (Å²) in [5.74, 6) is -0.133. The van der Waals surface area contributed by atoms with Gasteiger partial charge in [-0.1, -0.05) is 6.07 Å². The first-order valence-corrected chi connectivity index (χ1v) is 5.31. The van der Waals surface area contributed by atoms with Gasteiger partial charge in [-0.3, -0.25) is 0 Å². The minimum atomic E-state index is -4.56. The molecule has 6 nitrogen and oxygen atoms in total. The molecule has 1 aromatic heterocycles. The molecule has 0 atom stereocenters. The fourth-order valence-electron chi connectivity index (χ4n) is 1.55. The third-order valence-corrected chi connectivity index (χ3v) is 2.31. The first kappa shape index (κ1) is 13.2. The van der Waals surface area contributed by atoms with Crippen LogP contribution in [-0.4, -0.2) is 25.7 Å². The molecule has 4 N–H and O–H groups in total. The number of thiocarbonyl (C=S) groups is 1. The SMILES string of the molecule is NC(=S)Nc1cccc(C(F)(F)F)c1-c1nnn[nH]1. The largest absolute Gasteiger partial charge is 0.417 e. The summed E-state index contributed by atoms with van der Waals surface area (Å²) >= 11 is 4.63. The van der Waals surface area contributed by atoms with Crippen LogP contribution >= 0.6 is 12.2 Å². The molecule has 0 aliphatic rings. The van der Waals surface area contributed by atoms with Gasteiger partial charge in [0.2, 0.25) is 0 Å². The van der Waals surface area contributed by atoms with E-state index in [1.54, 1.807) is 0 Å². The van der Waals surface area contributed by atoms with Gasteiger partial charge in [0.05, 0.1) is 16.8 Å². The summed E-state index contributed by atoms with van der Waals surface area (Å²) in [6.45, 7) is 0. The normalized spacial score (nSPS) is 11.3. The van der Waals surface area contributed by atoms with Crippen LogP contribution in [0.25, 0.3) is 11.4 Å². The fourth-order valence-corrected chi connectivity index (χ4v) is 1.66. The Morgan fingerprint density at radius 1 is 1.37 bits per heavy atom. The second-order valence-electron chi connectivity index (χ2n) is 3.46. The molecule has 0 saturated carbocycles. The summed E-state index contributed by atoms with van der Waals surface area (Å²) in [4.78, 5) is 0. The minimum absolute atomic E-state index is 0.0703. The lowest BCUT2D eigenvalue weighted by molar-refractivity contribution is -0.137. The van der Waals surface area contributed by atoms with E-state index < -0.39 is 11.7 Å². The van der Waals surface area contributed by atoms with Gasteiger partial charge >= 0.3 is 6.18 Å². The predicted octanol–water partition coefficient (Wildman–Crippen LogP) is 1.54. The quantitative estimate of drug-likeness (QED) is 0.726. The third-order valence-electron chi connectivity index (χ3n) is 2.21. The molecule has 0 aliphatic carbocycles. The number of nitrogens with zero attached hydrogens (tertiary/aromatic N) is 3. The van der Waals surface area contributed by atoms with Gasteiger partial charge in [0, 0.05) is 0 Å². The highest BCUT2D eigenvalue weighted by molar-refractivity contribution is 7.80. The predicted molar refractivity (Wildman–Crippen MR) is 65.0 cm³/mol. The smallest absolute Gasteiger partial charge is 0.376 e. The molecule has 0 unspecified atom stereocenters. The standard InChI is InChI=1S/C9H7F3N6S/c10-9(11,12)4-2-1-3-5(14-8(13)19)6(4)7-15-17-18-16-7/h1-3H,(H3,13,14,19)(H,15,16,17,18). The topological polar surface area (TPSA) is 92.5 Å². The summed E-state index contributed by atoms with van der Waals surface area (Å²) in [7, 11) is 0. The zero-order valence-electron chi connectivity index (χ0n) is 9.19. The number of nitrogens with one attached hydrogen (secondary N) is 2. The number of tetrazole rings is 1. The van der Waals surface area contributed by atoms with Gasteiger partial charge in [0.15, 0.2) is 10.9 Å². The Bertz CT molecular complexity index is 594. The van der Waals surface area contributed by atoms with Crippen molar-refractivity contribution in [1.29, 1.82) is 0 Å². The van der Waals surface area contributed by atoms with Crippen LogP contribution in [0.4, 0.5) is 18.9 Å². The summed E-state index contributed by atoms with van der Waals surface area (Å²) in [5, 5.41) is 14.6. The zero-order valence-corrected chi connectivity index (χ0v) is 10.0. The molecule has 0 radical (unpaired) electrons. The molecular formula is C9H7F3N6S. The highest BCUT2D eigenvalue weighted by Crippen LogP contribution is 2.39. The Hall–Kier alpha value is -2.23. The van der Waals surface area contributed by atoms with Crippen molar-refractivity contribution in [2.24, 2.45) is 5.73 Å². The van der Waals surface area contributed by atoms with Crippen molar-refractivity contribution >= 4 is 23.0 Å². The third kappa shape index (κ3) is 2.78. The molecule has 2 rings (SSSR count). The second kappa shape index (κ2) is 4.80. The van der Waals surface area contributed by atoms with Gasteiger partial charge < -0.3 is 11.1 Å². The highest BCUT2D eigenvalue weighted by Gasteiger charge is 2.35. The lowest BCUT2D eigenvalue weighted by Crippen LogP contribution is -2.20. The van der Waals surface area contributed by atoms with Gasteiger partial charge in [-0.25, -0.2) is 5.10 Å². The number of hydrogen-bond acceptors (Lipinski definition) is 4. The maximum absolute atomic E-state index is 13.0. The minimum Gasteiger partial charge on any atom is -0.376 e. The van der Waals surface area contributed by atoms with Crippen LogP contribution in [0.5, 0.6) is 0 Å². The average molecular weight is 288 g/mol. The molecular weight excluding hydrogens is 281 g/mol. The molecule has 0 bridgehead atoms. The summed E-state index contributed by atoms with van der Waals surface area (Å²) in [6.07, 6.45) is -4.56. The first-order valence-electron chi connectivity index (χ1n) is 4.90. The molecule has 1 aromatic carbocycles. The van der Waals surface area contributed by atoms with Crippen molar-refractivity contribution < 1.29 is 13.2 Å². The molecule has 0 aliphatic heterocycles. The molecule has 2 aromatic rings. The molecule has 1 heterocycles. The van der Waals surface area contributed by atoms with E-state index in [2.05, 4.69) is 38.2 Å². The molecule has 19 heavy (non-hydrogen) atoms. The van der Waals surface area contributed by atoms with Crippen LogP contribution in [0.1, 0.15) is 5.56 Å². The van der Waals surface area contributed by atoms with Crippen molar-refractivity contribution in [3.63, 3.8) is 0 Å². The number of nitrogens with two attached hydrogens (primary N) is 1. The Balaban J connectivity index is 2.66. The second-order valence-corrected chi connectivity index (χ2v) is 3.90. The molecule has 0 fully saturated rings. The summed E-state index contributed by atoms with van der Waals surface area (Å²) in [5.41, 5.74) is 4.21. The Labute approximate surface area is 110 Å². The van der Waals surface area contributed by atoms with Crippen LogP contribution in [0.2, 0.25) is 0 Å². The van der Waals surface area contributed by atoms with E-state index in [-0.39, 0.29) is 22.2 Å². The van der Waals surface area contributed by atoms with Crippen molar-refractivity contribution in [2.75, 3.05) is 5.32 Å². The van der Waals surface area contributed by atoms with Crippen molar-refractivity contribution in [3.8, 4) is 11.4 Å². The number of anilines is 1. The van der Waals surface area contributed by atoms with E-state index in [0.29, 0.717) is 0 Å². The van der Waals surface area contributed by atoms with Crippen molar-refractivity contribution in [2.45, 2.75) is 6.18 Å². The Morgan fingerprint density at radius 3 is 2.63 bits per heavy atom. The van der Waals surface area contributed by atoms with Crippen molar-refractivity contribution in [1.82, 2.24) is 20.6 Å². The zero-order chi connectivity index (χ0) is 14.0. The molecule has 0 amide bonds. The molecule has 0 spiro atoms. The maximum Gasteiger partial charge on any atom is 0.417 e. The van der Waals surface area contributed by atoms with Gasteiger partial charge in [0.1, 0.15) is 0 Å². The summed E-state index contributed by atoms with van der Waals surface area (Å²) in [6, 6.07) is 3.55. The maximum atomic E-state index is 13.0. The number of hydrogen-bond donors (Lipinski definition) is 3. The Morgan fingerprint density at radius 2 is 2.11 bits per heavy atom. The van der Waals surface area contributed by atoms with Crippen LogP contribution in [-0.2, 0) is 6.18 Å². The molecule has 10 heteroatoms. The average Bonchev–Trinajstić information content (AvgIpc) is 2.80.